The Morgan fingerprint density at radius 1 is 1.53 bits per heavy atom. The van der Waals surface area contributed by atoms with Crippen molar-refractivity contribution in [2.24, 2.45) is 0 Å². The van der Waals surface area contributed by atoms with E-state index in [0.29, 0.717) is 23.5 Å². The number of hydrogen-bond acceptors (Lipinski definition) is 5. The highest BCUT2D eigenvalue weighted by molar-refractivity contribution is 5.94. The second kappa shape index (κ2) is 4.65. The predicted molar refractivity (Wildman–Crippen MR) is 61.7 cm³/mol. The van der Waals surface area contributed by atoms with Gasteiger partial charge in [-0.3, -0.25) is 0 Å². The molecular formula is C11H12N4O2. The van der Waals surface area contributed by atoms with Crippen molar-refractivity contribution in [1.82, 2.24) is 14.8 Å². The topological polar surface area (TPSA) is 83.0 Å². The van der Waals surface area contributed by atoms with E-state index in [-0.39, 0.29) is 0 Å². The summed E-state index contributed by atoms with van der Waals surface area (Å²) in [5.74, 6) is -0.426. The number of nitrogen functional groups attached to an aromatic ring is 1. The lowest BCUT2D eigenvalue weighted by Crippen LogP contribution is -2.10. The SMILES string of the molecule is CCOC(=O)c1cc(N)ccc1-n1cncn1. The number of rotatable bonds is 3. The van der Waals surface area contributed by atoms with Crippen LogP contribution in [-0.2, 0) is 4.74 Å². The lowest BCUT2D eigenvalue weighted by atomic mass is 10.1. The van der Waals surface area contributed by atoms with E-state index in [4.69, 9.17) is 10.5 Å². The normalized spacial score (nSPS) is 10.2. The molecular weight excluding hydrogens is 220 g/mol. The molecule has 2 N–H and O–H groups in total. The van der Waals surface area contributed by atoms with Crippen molar-refractivity contribution < 1.29 is 9.53 Å². The van der Waals surface area contributed by atoms with E-state index < -0.39 is 5.97 Å². The maximum Gasteiger partial charge on any atom is 0.340 e. The number of esters is 1. The molecule has 0 aliphatic rings. The Morgan fingerprint density at radius 2 is 2.35 bits per heavy atom. The second-order valence-electron chi connectivity index (χ2n) is 3.34. The van der Waals surface area contributed by atoms with E-state index in [0.717, 1.165) is 0 Å². The zero-order valence-corrected chi connectivity index (χ0v) is 9.33. The van der Waals surface area contributed by atoms with Crippen LogP contribution in [0.2, 0.25) is 0 Å². The number of benzene rings is 1. The lowest BCUT2D eigenvalue weighted by molar-refractivity contribution is 0.0526. The Bertz CT molecular complexity index is 522. The van der Waals surface area contributed by atoms with Gasteiger partial charge in [-0.25, -0.2) is 14.5 Å². The Balaban J connectivity index is 2.48. The van der Waals surface area contributed by atoms with E-state index in [1.165, 1.54) is 17.3 Å². The van der Waals surface area contributed by atoms with Crippen molar-refractivity contribution in [3.05, 3.63) is 36.4 Å². The first-order chi connectivity index (χ1) is 8.22. The zero-order valence-electron chi connectivity index (χ0n) is 9.33. The number of ether oxygens (including phenoxy) is 1. The second-order valence-corrected chi connectivity index (χ2v) is 3.34. The van der Waals surface area contributed by atoms with Crippen molar-refractivity contribution in [2.45, 2.75) is 6.92 Å². The van der Waals surface area contributed by atoms with Crippen LogP contribution in [0.25, 0.3) is 5.69 Å². The summed E-state index contributed by atoms with van der Waals surface area (Å²) >= 11 is 0. The molecule has 1 heterocycles. The highest BCUT2D eigenvalue weighted by Gasteiger charge is 2.14. The van der Waals surface area contributed by atoms with E-state index in [9.17, 15) is 4.79 Å². The highest BCUT2D eigenvalue weighted by atomic mass is 16.5. The van der Waals surface area contributed by atoms with Crippen LogP contribution in [-0.4, -0.2) is 27.3 Å². The number of nitrogens with zero attached hydrogens (tertiary/aromatic N) is 3. The lowest BCUT2D eigenvalue weighted by Gasteiger charge is -2.09. The van der Waals surface area contributed by atoms with Gasteiger partial charge in [0, 0.05) is 5.69 Å². The van der Waals surface area contributed by atoms with Gasteiger partial charge in [0.05, 0.1) is 17.9 Å². The van der Waals surface area contributed by atoms with Gasteiger partial charge in [-0.1, -0.05) is 0 Å². The third-order valence-electron chi connectivity index (χ3n) is 2.18. The minimum absolute atomic E-state index is 0.310. The molecule has 2 rings (SSSR count). The molecule has 88 valence electrons. The quantitative estimate of drug-likeness (QED) is 0.631. The van der Waals surface area contributed by atoms with Crippen LogP contribution in [0.1, 0.15) is 17.3 Å². The molecule has 0 saturated carbocycles. The van der Waals surface area contributed by atoms with Gasteiger partial charge in [0.15, 0.2) is 0 Å². The van der Waals surface area contributed by atoms with Gasteiger partial charge in [0.25, 0.3) is 0 Å². The fourth-order valence-corrected chi connectivity index (χ4v) is 1.46. The van der Waals surface area contributed by atoms with Crippen LogP contribution in [0.5, 0.6) is 0 Å². The van der Waals surface area contributed by atoms with Crippen LogP contribution >= 0.6 is 0 Å². The standard InChI is InChI=1S/C11H12N4O2/c1-2-17-11(16)9-5-8(12)3-4-10(9)15-7-13-6-14-15/h3-7H,2,12H2,1H3. The summed E-state index contributed by atoms with van der Waals surface area (Å²) in [5.41, 5.74) is 7.12. The van der Waals surface area contributed by atoms with E-state index in [1.54, 1.807) is 25.1 Å². The molecule has 1 aromatic carbocycles. The molecule has 0 atom stereocenters. The van der Waals surface area contributed by atoms with Crippen molar-refractivity contribution >= 4 is 11.7 Å². The Morgan fingerprint density at radius 3 is 3.00 bits per heavy atom. The van der Waals surface area contributed by atoms with E-state index in [2.05, 4.69) is 10.1 Å². The first-order valence-corrected chi connectivity index (χ1v) is 5.14. The Kier molecular flexibility index (Phi) is 3.04. The van der Waals surface area contributed by atoms with Crippen LogP contribution in [0.4, 0.5) is 5.69 Å². The van der Waals surface area contributed by atoms with E-state index >= 15 is 0 Å². The largest absolute Gasteiger partial charge is 0.462 e. The minimum Gasteiger partial charge on any atom is -0.462 e. The number of carbonyl (C=O) groups excluding carboxylic acids is 1. The third-order valence-corrected chi connectivity index (χ3v) is 2.18. The molecule has 6 nitrogen and oxygen atoms in total. The zero-order chi connectivity index (χ0) is 12.3. The summed E-state index contributed by atoms with van der Waals surface area (Å²) in [5, 5.41) is 3.98. The van der Waals surface area contributed by atoms with Crippen molar-refractivity contribution in [3.8, 4) is 5.69 Å². The number of hydrogen-bond donors (Lipinski definition) is 1. The predicted octanol–water partition coefficient (Wildman–Crippen LogP) is 1.03. The highest BCUT2D eigenvalue weighted by Crippen LogP contribution is 2.18. The number of carbonyl (C=O) groups is 1. The van der Waals surface area contributed by atoms with Gasteiger partial charge in [-0.15, -0.1) is 0 Å². The van der Waals surface area contributed by atoms with Crippen LogP contribution in [0, 0.1) is 0 Å². The first kappa shape index (κ1) is 11.1. The first-order valence-electron chi connectivity index (χ1n) is 5.14. The third kappa shape index (κ3) is 2.25. The summed E-state index contributed by atoms with van der Waals surface area (Å²) in [6.45, 7) is 2.06. The van der Waals surface area contributed by atoms with Crippen molar-refractivity contribution in [2.75, 3.05) is 12.3 Å². The monoisotopic (exact) mass is 232 g/mol. The molecule has 0 fully saturated rings. The van der Waals surface area contributed by atoms with Crippen molar-refractivity contribution in [3.63, 3.8) is 0 Å². The molecule has 0 aliphatic carbocycles. The molecule has 2 aromatic rings. The van der Waals surface area contributed by atoms with Crippen LogP contribution < -0.4 is 5.73 Å². The van der Waals surface area contributed by atoms with Gasteiger partial charge in [-0.2, -0.15) is 5.10 Å². The van der Waals surface area contributed by atoms with Gasteiger partial charge < -0.3 is 10.5 Å². The molecule has 0 radical (unpaired) electrons. The molecule has 0 aliphatic heterocycles. The fraction of sp³-hybridized carbons (Fsp3) is 0.182. The number of anilines is 1. The molecule has 0 bridgehead atoms. The Labute approximate surface area is 98.0 Å². The fourth-order valence-electron chi connectivity index (χ4n) is 1.46. The number of aromatic nitrogens is 3. The minimum atomic E-state index is -0.426. The molecule has 0 amide bonds. The molecule has 17 heavy (non-hydrogen) atoms. The summed E-state index contributed by atoms with van der Waals surface area (Å²) in [4.78, 5) is 15.6. The maximum absolute atomic E-state index is 11.8. The van der Waals surface area contributed by atoms with Gasteiger partial charge >= 0.3 is 5.97 Å². The maximum atomic E-state index is 11.8. The number of nitrogens with two attached hydrogens (primary N) is 1. The summed E-state index contributed by atoms with van der Waals surface area (Å²) in [6, 6.07) is 4.96. The van der Waals surface area contributed by atoms with Crippen LogP contribution in [0.3, 0.4) is 0 Å². The smallest absolute Gasteiger partial charge is 0.340 e. The van der Waals surface area contributed by atoms with E-state index in [1.807, 2.05) is 0 Å². The summed E-state index contributed by atoms with van der Waals surface area (Å²) in [7, 11) is 0. The van der Waals surface area contributed by atoms with Gasteiger partial charge in [0.1, 0.15) is 12.7 Å². The molecule has 0 saturated heterocycles. The summed E-state index contributed by atoms with van der Waals surface area (Å²) in [6.07, 6.45) is 2.90. The average molecular weight is 232 g/mol. The average Bonchev–Trinajstić information content (AvgIpc) is 2.82. The molecule has 6 heteroatoms. The van der Waals surface area contributed by atoms with Crippen molar-refractivity contribution in [1.29, 1.82) is 0 Å². The molecule has 0 spiro atoms. The molecule has 1 aromatic heterocycles. The van der Waals surface area contributed by atoms with Gasteiger partial charge in [-0.05, 0) is 25.1 Å². The summed E-state index contributed by atoms with van der Waals surface area (Å²) < 4.78 is 6.46. The molecule has 0 unspecified atom stereocenters. The Hall–Kier alpha value is -2.37. The van der Waals surface area contributed by atoms with Gasteiger partial charge in [0.2, 0.25) is 0 Å². The van der Waals surface area contributed by atoms with Crippen LogP contribution in [0.15, 0.2) is 30.9 Å².